The van der Waals surface area contributed by atoms with Crippen molar-refractivity contribution in [1.82, 2.24) is 30.2 Å². The van der Waals surface area contributed by atoms with Gasteiger partial charge >= 0.3 is 17.9 Å². The lowest BCUT2D eigenvalue weighted by Crippen LogP contribution is -2.53. The summed E-state index contributed by atoms with van der Waals surface area (Å²) in [4.78, 5) is 66.9. The zero-order chi connectivity index (χ0) is 30.1. The molecule has 0 aromatic heterocycles. The highest BCUT2D eigenvalue weighted by Gasteiger charge is 2.25. The highest BCUT2D eigenvalue weighted by Crippen LogP contribution is 2.04. The second-order valence-corrected chi connectivity index (χ2v) is 10.6. The maximum Gasteiger partial charge on any atom is 0.325 e. The van der Waals surface area contributed by atoms with Crippen LogP contribution >= 0.6 is 11.8 Å². The fourth-order valence-electron chi connectivity index (χ4n) is 4.12. The minimum Gasteiger partial charge on any atom is -0.480 e. The average molecular weight is 593 g/mol. The number of aliphatic hydroxyl groups excluding tert-OH is 1. The van der Waals surface area contributed by atoms with Gasteiger partial charge in [0.1, 0.15) is 12.1 Å². The van der Waals surface area contributed by atoms with Gasteiger partial charge in [-0.1, -0.05) is 0 Å². The van der Waals surface area contributed by atoms with Gasteiger partial charge in [-0.15, -0.1) is 0 Å². The molecule has 6 N–H and O–H groups in total. The molecular weight excluding hydrogens is 548 g/mol. The number of nitrogens with zero attached hydrogens (tertiary/aromatic N) is 4. The third-order valence-electron chi connectivity index (χ3n) is 6.42. The molecule has 230 valence electrons. The van der Waals surface area contributed by atoms with Crippen LogP contribution in [0.25, 0.3) is 0 Å². The number of carboxylic acid groups (broad SMARTS) is 3. The highest BCUT2D eigenvalue weighted by atomic mass is 32.2. The molecule has 0 aromatic carbocycles. The quantitative estimate of drug-likeness (QED) is 0.114. The van der Waals surface area contributed by atoms with Crippen molar-refractivity contribution >= 4 is 41.5 Å². The summed E-state index contributed by atoms with van der Waals surface area (Å²) < 4.78 is 0. The topological polar surface area (TPSA) is 203 Å². The van der Waals surface area contributed by atoms with Gasteiger partial charge in [-0.05, 0) is 25.4 Å². The van der Waals surface area contributed by atoms with Crippen molar-refractivity contribution in [3.63, 3.8) is 0 Å². The van der Waals surface area contributed by atoms with E-state index in [1.807, 2.05) is 11.2 Å². The Labute approximate surface area is 238 Å². The van der Waals surface area contributed by atoms with Gasteiger partial charge in [0.15, 0.2) is 0 Å². The van der Waals surface area contributed by atoms with E-state index in [4.69, 9.17) is 5.11 Å². The van der Waals surface area contributed by atoms with Gasteiger partial charge in [0.05, 0.1) is 26.2 Å². The van der Waals surface area contributed by atoms with Crippen LogP contribution in [0.15, 0.2) is 0 Å². The highest BCUT2D eigenvalue weighted by molar-refractivity contribution is 7.98. The van der Waals surface area contributed by atoms with E-state index >= 15 is 0 Å². The number of carboxylic acids is 3. The summed E-state index contributed by atoms with van der Waals surface area (Å²) in [5.74, 6) is -3.67. The molecule has 0 bridgehead atoms. The van der Waals surface area contributed by atoms with Crippen LogP contribution in [-0.4, -0.2) is 179 Å². The Morgan fingerprint density at radius 2 is 1.20 bits per heavy atom. The predicted octanol–water partition coefficient (Wildman–Crippen LogP) is -2.80. The van der Waals surface area contributed by atoms with E-state index in [-0.39, 0.29) is 26.2 Å². The Kier molecular flexibility index (Phi) is 17.4. The first-order chi connectivity index (χ1) is 18.9. The summed E-state index contributed by atoms with van der Waals surface area (Å²) in [7, 11) is 0. The minimum atomic E-state index is -1.20. The van der Waals surface area contributed by atoms with Gasteiger partial charge in [0, 0.05) is 58.9 Å². The molecule has 0 saturated carbocycles. The Balaban J connectivity index is 3.00. The predicted molar refractivity (Wildman–Crippen MR) is 148 cm³/mol. The summed E-state index contributed by atoms with van der Waals surface area (Å²) in [5, 5.41) is 42.3. The molecule has 1 rings (SSSR count). The molecule has 16 heteroatoms. The number of amides is 2. The minimum absolute atomic E-state index is 0.0774. The van der Waals surface area contributed by atoms with Crippen molar-refractivity contribution in [1.29, 1.82) is 0 Å². The van der Waals surface area contributed by atoms with Crippen LogP contribution in [0.3, 0.4) is 0 Å². The zero-order valence-corrected chi connectivity index (χ0v) is 24.1. The molecule has 0 unspecified atom stereocenters. The van der Waals surface area contributed by atoms with E-state index in [1.54, 1.807) is 14.7 Å². The molecule has 1 heterocycles. The molecule has 1 aliphatic rings. The van der Waals surface area contributed by atoms with Crippen molar-refractivity contribution in [2.45, 2.75) is 25.4 Å². The molecule has 0 radical (unpaired) electrons. The number of thioether (sulfide) groups is 1. The van der Waals surface area contributed by atoms with Crippen LogP contribution in [0.1, 0.15) is 13.3 Å². The lowest BCUT2D eigenvalue weighted by molar-refractivity contribution is -0.142. The Bertz CT molecular complexity index is 805. The van der Waals surface area contributed by atoms with Crippen LogP contribution in [0.4, 0.5) is 0 Å². The summed E-state index contributed by atoms with van der Waals surface area (Å²) in [5.41, 5.74) is 0. The van der Waals surface area contributed by atoms with Crippen molar-refractivity contribution in [3.05, 3.63) is 0 Å². The summed E-state index contributed by atoms with van der Waals surface area (Å²) in [6, 6.07) is -2.05. The first kappa shape index (κ1) is 35.5. The van der Waals surface area contributed by atoms with Crippen LogP contribution < -0.4 is 10.6 Å². The molecule has 40 heavy (non-hydrogen) atoms. The number of carbonyl (C=O) groups excluding carboxylic acids is 2. The Morgan fingerprint density at radius 3 is 1.60 bits per heavy atom. The Morgan fingerprint density at radius 1 is 0.750 bits per heavy atom. The SMILES string of the molecule is CSCC[C@H](NC(=O)CN1CCN(CC(=O)O)CCN(CCO)CCN(CC(=O)O)CC1)C(=O)N[C@@H](C)C(=O)O. The third-order valence-corrected chi connectivity index (χ3v) is 7.07. The van der Waals surface area contributed by atoms with Gasteiger partial charge in [0.2, 0.25) is 11.8 Å². The van der Waals surface area contributed by atoms with Crippen LogP contribution in [0.5, 0.6) is 0 Å². The molecule has 1 fully saturated rings. The summed E-state index contributed by atoms with van der Waals surface area (Å²) >= 11 is 1.48. The standard InChI is InChI=1S/C24H44N6O9S/c1-18(24(38)39)25-23(37)19(3-14-40-2)26-20(32)15-28-8-10-29(16-21(33)34)6-4-27(12-13-31)5-7-30(11-9-28)17-22(35)36/h18-19,31H,3-17H2,1-2H3,(H,25,37)(H,26,32)(H,33,34)(H,35,36)(H,38,39)/t18-,19-/m0/s1. The van der Waals surface area contributed by atoms with Crippen molar-refractivity contribution in [3.8, 4) is 0 Å². The number of aliphatic carboxylic acids is 3. The normalized spacial score (nSPS) is 18.6. The molecular formula is C24H44N6O9S. The first-order valence-corrected chi connectivity index (χ1v) is 14.6. The van der Waals surface area contributed by atoms with Crippen LogP contribution in [0.2, 0.25) is 0 Å². The fraction of sp³-hybridized carbons (Fsp3) is 0.792. The van der Waals surface area contributed by atoms with Gasteiger partial charge < -0.3 is 31.1 Å². The maximum atomic E-state index is 13.0. The van der Waals surface area contributed by atoms with Crippen molar-refractivity contribution in [2.75, 3.05) is 97.2 Å². The molecule has 1 aliphatic heterocycles. The van der Waals surface area contributed by atoms with E-state index in [0.29, 0.717) is 71.1 Å². The van der Waals surface area contributed by atoms with E-state index in [2.05, 4.69) is 10.6 Å². The average Bonchev–Trinajstić information content (AvgIpc) is 2.87. The van der Waals surface area contributed by atoms with Gasteiger partial charge in [-0.25, -0.2) is 0 Å². The molecule has 0 spiro atoms. The smallest absolute Gasteiger partial charge is 0.325 e. The van der Waals surface area contributed by atoms with E-state index in [1.165, 1.54) is 18.7 Å². The molecule has 0 aromatic rings. The molecule has 2 atom stereocenters. The summed E-state index contributed by atoms with van der Waals surface area (Å²) in [6.07, 6.45) is 2.15. The zero-order valence-electron chi connectivity index (χ0n) is 23.3. The number of β-amino-alcohol motifs (C(OH)–C–C–N with tert-alkyl or cyclic N) is 1. The lowest BCUT2D eigenvalue weighted by Gasteiger charge is -2.33. The number of carbonyl (C=O) groups is 5. The number of hydrogen-bond acceptors (Lipinski definition) is 11. The van der Waals surface area contributed by atoms with E-state index in [9.17, 15) is 39.3 Å². The van der Waals surface area contributed by atoms with Crippen LogP contribution in [0, 0.1) is 0 Å². The Hall–Kier alpha value is -2.50. The molecule has 0 aliphatic carbocycles. The number of nitrogens with one attached hydrogen (secondary N) is 2. The van der Waals surface area contributed by atoms with Crippen LogP contribution in [-0.2, 0) is 24.0 Å². The second-order valence-electron chi connectivity index (χ2n) is 9.65. The second kappa shape index (κ2) is 19.6. The third kappa shape index (κ3) is 15.3. The fourth-order valence-corrected chi connectivity index (χ4v) is 4.60. The van der Waals surface area contributed by atoms with E-state index < -0.39 is 41.8 Å². The first-order valence-electron chi connectivity index (χ1n) is 13.2. The monoisotopic (exact) mass is 592 g/mol. The summed E-state index contributed by atoms with van der Waals surface area (Å²) in [6.45, 7) is 4.20. The lowest BCUT2D eigenvalue weighted by atomic mass is 10.2. The van der Waals surface area contributed by atoms with Crippen molar-refractivity contribution in [2.24, 2.45) is 0 Å². The molecule has 1 saturated heterocycles. The number of hydrogen-bond donors (Lipinski definition) is 6. The largest absolute Gasteiger partial charge is 0.480 e. The molecule has 2 amide bonds. The van der Waals surface area contributed by atoms with Gasteiger partial charge in [0.25, 0.3) is 0 Å². The van der Waals surface area contributed by atoms with Gasteiger partial charge in [-0.2, -0.15) is 11.8 Å². The number of aliphatic hydroxyl groups is 1. The number of rotatable bonds is 15. The molecule has 15 nitrogen and oxygen atoms in total. The maximum absolute atomic E-state index is 13.0. The van der Waals surface area contributed by atoms with Gasteiger partial charge in [-0.3, -0.25) is 43.6 Å². The van der Waals surface area contributed by atoms with E-state index in [0.717, 1.165) is 0 Å². The van der Waals surface area contributed by atoms with Crippen molar-refractivity contribution < 1.29 is 44.4 Å².